The van der Waals surface area contributed by atoms with Crippen LogP contribution in [-0.4, -0.2) is 28.9 Å². The second kappa shape index (κ2) is 6.05. The van der Waals surface area contributed by atoms with E-state index in [1.54, 1.807) is 20.8 Å². The Morgan fingerprint density at radius 3 is 2.60 bits per heavy atom. The van der Waals surface area contributed by atoms with Crippen molar-refractivity contribution in [1.82, 2.24) is 5.43 Å². The number of ether oxygens (including phenoxy) is 1. The van der Waals surface area contributed by atoms with Crippen LogP contribution in [0.3, 0.4) is 0 Å². The maximum atomic E-state index is 11.9. The Hall–Kier alpha value is -2.57. The van der Waals surface area contributed by atoms with Gasteiger partial charge in [0.05, 0.1) is 11.8 Å². The van der Waals surface area contributed by atoms with Gasteiger partial charge in [-0.15, -0.1) is 0 Å². The van der Waals surface area contributed by atoms with E-state index in [1.807, 2.05) is 5.43 Å². The summed E-state index contributed by atoms with van der Waals surface area (Å²) in [6.45, 7) is 5.26. The average molecular weight is 279 g/mol. The van der Waals surface area contributed by atoms with Crippen LogP contribution in [0.25, 0.3) is 0 Å². The fraction of sp³-hybridized carbons (Fsp3) is 0.308. The molecule has 4 N–H and O–H groups in total. The first-order valence-corrected chi connectivity index (χ1v) is 5.84. The predicted molar refractivity (Wildman–Crippen MR) is 73.6 cm³/mol. The standard InChI is InChI=1S/C13H17N3O4/c1-13(2,3)20-11(18)8-4-5-10(17)9(6-8)7-15-16-12(14)19/h4-7,17H,1-3H3,(H3,14,16,19). The van der Waals surface area contributed by atoms with Crippen molar-refractivity contribution in [3.63, 3.8) is 0 Å². The average Bonchev–Trinajstić information content (AvgIpc) is 2.28. The number of carbonyl (C=O) groups is 2. The molecule has 2 amide bonds. The van der Waals surface area contributed by atoms with Crippen LogP contribution in [0.15, 0.2) is 23.3 Å². The van der Waals surface area contributed by atoms with Crippen molar-refractivity contribution in [2.24, 2.45) is 10.8 Å². The third kappa shape index (κ3) is 4.97. The second-order valence-electron chi connectivity index (χ2n) is 5.01. The number of hydrogen-bond donors (Lipinski definition) is 3. The second-order valence-corrected chi connectivity index (χ2v) is 5.01. The van der Waals surface area contributed by atoms with E-state index < -0.39 is 17.6 Å². The number of phenolic OH excluding ortho intramolecular Hbond substituents is 1. The zero-order valence-corrected chi connectivity index (χ0v) is 11.5. The zero-order chi connectivity index (χ0) is 15.3. The summed E-state index contributed by atoms with van der Waals surface area (Å²) in [5.41, 5.74) is 6.73. The van der Waals surface area contributed by atoms with Crippen molar-refractivity contribution in [2.45, 2.75) is 26.4 Å². The van der Waals surface area contributed by atoms with Crippen LogP contribution in [-0.2, 0) is 4.74 Å². The lowest BCUT2D eigenvalue weighted by Gasteiger charge is -2.19. The van der Waals surface area contributed by atoms with Gasteiger partial charge < -0.3 is 15.6 Å². The summed E-state index contributed by atoms with van der Waals surface area (Å²) in [4.78, 5) is 22.3. The summed E-state index contributed by atoms with van der Waals surface area (Å²) in [6.07, 6.45) is 1.17. The maximum absolute atomic E-state index is 11.9. The van der Waals surface area contributed by atoms with Crippen LogP contribution in [0.1, 0.15) is 36.7 Å². The monoisotopic (exact) mass is 279 g/mol. The molecule has 0 spiro atoms. The van der Waals surface area contributed by atoms with Gasteiger partial charge in [0.15, 0.2) is 0 Å². The number of amides is 2. The highest BCUT2D eigenvalue weighted by Crippen LogP contribution is 2.19. The van der Waals surface area contributed by atoms with E-state index in [4.69, 9.17) is 10.5 Å². The molecular formula is C13H17N3O4. The highest BCUT2D eigenvalue weighted by Gasteiger charge is 2.18. The fourth-order valence-electron chi connectivity index (χ4n) is 1.29. The minimum absolute atomic E-state index is 0.0904. The minimum Gasteiger partial charge on any atom is -0.507 e. The summed E-state index contributed by atoms with van der Waals surface area (Å²) >= 11 is 0. The topological polar surface area (TPSA) is 114 Å². The highest BCUT2D eigenvalue weighted by atomic mass is 16.6. The highest BCUT2D eigenvalue weighted by molar-refractivity contribution is 5.94. The number of rotatable bonds is 3. The lowest BCUT2D eigenvalue weighted by molar-refractivity contribution is 0.00695. The van der Waals surface area contributed by atoms with E-state index >= 15 is 0 Å². The molecule has 7 heteroatoms. The summed E-state index contributed by atoms with van der Waals surface area (Å²) in [5.74, 6) is -0.609. The largest absolute Gasteiger partial charge is 0.507 e. The van der Waals surface area contributed by atoms with Gasteiger partial charge in [0.1, 0.15) is 11.4 Å². The molecule has 0 fully saturated rings. The van der Waals surface area contributed by atoms with Gasteiger partial charge >= 0.3 is 12.0 Å². The quantitative estimate of drug-likeness (QED) is 0.440. The van der Waals surface area contributed by atoms with Crippen LogP contribution in [0.2, 0.25) is 0 Å². The van der Waals surface area contributed by atoms with Crippen LogP contribution in [0, 0.1) is 0 Å². The molecule has 0 bridgehead atoms. The Kier molecular flexibility index (Phi) is 4.68. The van der Waals surface area contributed by atoms with E-state index in [2.05, 4.69) is 5.10 Å². The van der Waals surface area contributed by atoms with Crippen LogP contribution in [0.5, 0.6) is 5.75 Å². The number of esters is 1. The van der Waals surface area contributed by atoms with E-state index in [1.165, 1.54) is 24.4 Å². The molecule has 1 aromatic carbocycles. The molecule has 0 atom stereocenters. The molecule has 0 radical (unpaired) electrons. The van der Waals surface area contributed by atoms with Crippen LogP contribution >= 0.6 is 0 Å². The molecule has 0 heterocycles. The molecule has 0 aliphatic rings. The van der Waals surface area contributed by atoms with E-state index in [9.17, 15) is 14.7 Å². The van der Waals surface area contributed by atoms with Gasteiger partial charge in [-0.3, -0.25) is 0 Å². The predicted octanol–water partition coefficient (Wildman–Crippen LogP) is 1.35. The number of primary amides is 1. The van der Waals surface area contributed by atoms with E-state index in [0.717, 1.165) is 0 Å². The van der Waals surface area contributed by atoms with Crippen molar-refractivity contribution < 1.29 is 19.4 Å². The molecular weight excluding hydrogens is 262 g/mol. The van der Waals surface area contributed by atoms with Crippen molar-refractivity contribution in [3.05, 3.63) is 29.3 Å². The lowest BCUT2D eigenvalue weighted by Crippen LogP contribution is -2.24. The number of carbonyl (C=O) groups excluding carboxylic acids is 2. The van der Waals surface area contributed by atoms with Gasteiger partial charge in [-0.05, 0) is 39.0 Å². The SMILES string of the molecule is CC(C)(C)OC(=O)c1ccc(O)c(C=NNC(N)=O)c1. The summed E-state index contributed by atoms with van der Waals surface area (Å²) in [6, 6.07) is 3.34. The molecule has 0 saturated heterocycles. The summed E-state index contributed by atoms with van der Waals surface area (Å²) < 4.78 is 5.21. The van der Waals surface area contributed by atoms with Gasteiger partial charge in [0.2, 0.25) is 0 Å². The van der Waals surface area contributed by atoms with E-state index in [0.29, 0.717) is 0 Å². The molecule has 0 aliphatic heterocycles. The first-order valence-electron chi connectivity index (χ1n) is 5.84. The van der Waals surface area contributed by atoms with Gasteiger partial charge in [0, 0.05) is 5.56 Å². The Labute approximate surface area is 116 Å². The molecule has 1 aromatic rings. The Balaban J connectivity index is 2.93. The van der Waals surface area contributed by atoms with Gasteiger partial charge in [-0.1, -0.05) is 0 Å². The van der Waals surface area contributed by atoms with Gasteiger partial charge in [0.25, 0.3) is 0 Å². The first-order chi connectivity index (χ1) is 9.19. The summed E-state index contributed by atoms with van der Waals surface area (Å²) in [7, 11) is 0. The number of nitrogens with two attached hydrogens (primary N) is 1. The molecule has 0 unspecified atom stereocenters. The van der Waals surface area contributed by atoms with Gasteiger partial charge in [-0.2, -0.15) is 5.10 Å². The minimum atomic E-state index is -0.830. The molecule has 108 valence electrons. The van der Waals surface area contributed by atoms with Crippen molar-refractivity contribution in [1.29, 1.82) is 0 Å². The third-order valence-electron chi connectivity index (χ3n) is 2.04. The molecule has 0 aliphatic carbocycles. The number of hydrazone groups is 1. The molecule has 20 heavy (non-hydrogen) atoms. The molecule has 0 aromatic heterocycles. The van der Waals surface area contributed by atoms with Crippen molar-refractivity contribution in [2.75, 3.05) is 0 Å². The van der Waals surface area contributed by atoms with Gasteiger partial charge in [-0.25, -0.2) is 15.0 Å². The van der Waals surface area contributed by atoms with E-state index in [-0.39, 0.29) is 16.9 Å². The number of urea groups is 1. The van der Waals surface area contributed by atoms with Crippen LogP contribution < -0.4 is 11.2 Å². The molecule has 7 nitrogen and oxygen atoms in total. The molecule has 1 rings (SSSR count). The number of aromatic hydroxyl groups is 1. The third-order valence-corrected chi connectivity index (χ3v) is 2.04. The summed E-state index contributed by atoms with van der Waals surface area (Å²) in [5, 5.41) is 13.1. The first kappa shape index (κ1) is 15.5. The smallest absolute Gasteiger partial charge is 0.338 e. The number of hydrogen-bond acceptors (Lipinski definition) is 5. The Morgan fingerprint density at radius 1 is 1.40 bits per heavy atom. The fourth-order valence-corrected chi connectivity index (χ4v) is 1.29. The van der Waals surface area contributed by atoms with Crippen molar-refractivity contribution >= 4 is 18.2 Å². The normalized spacial score (nSPS) is 11.3. The lowest BCUT2D eigenvalue weighted by atomic mass is 10.1. The Bertz CT molecular complexity index is 547. The van der Waals surface area contributed by atoms with Crippen LogP contribution in [0.4, 0.5) is 4.79 Å². The Morgan fingerprint density at radius 2 is 2.05 bits per heavy atom. The molecule has 0 saturated carbocycles. The number of phenols is 1. The number of nitrogens with zero attached hydrogens (tertiary/aromatic N) is 1. The van der Waals surface area contributed by atoms with Crippen molar-refractivity contribution in [3.8, 4) is 5.75 Å². The maximum Gasteiger partial charge on any atom is 0.338 e. The zero-order valence-electron chi connectivity index (χ0n) is 11.5. The number of nitrogens with one attached hydrogen (secondary N) is 1. The number of benzene rings is 1.